The van der Waals surface area contributed by atoms with Crippen LogP contribution in [0.2, 0.25) is 0 Å². The molecule has 4 nitrogen and oxygen atoms in total. The number of imidazole rings is 1. The first-order valence-electron chi connectivity index (χ1n) is 3.94. The summed E-state index contributed by atoms with van der Waals surface area (Å²) in [5, 5.41) is 0. The van der Waals surface area contributed by atoms with E-state index in [9.17, 15) is 0 Å². The summed E-state index contributed by atoms with van der Waals surface area (Å²) in [4.78, 5) is 4.12. The number of methoxy groups -OCH3 is 1. The first kappa shape index (κ1) is 8.07. The Morgan fingerprint density at radius 1 is 1.46 bits per heavy atom. The second-order valence-corrected chi connectivity index (χ2v) is 2.61. The van der Waals surface area contributed by atoms with E-state index >= 15 is 0 Å². The van der Waals surface area contributed by atoms with E-state index in [1.165, 1.54) is 0 Å². The molecular weight excluding hydrogens is 168 g/mol. The van der Waals surface area contributed by atoms with Gasteiger partial charge < -0.3 is 13.9 Å². The minimum Gasteiger partial charge on any atom is -0.466 e. The SMILES string of the molecule is COCOc1ccc2nccn2c1. The van der Waals surface area contributed by atoms with Crippen LogP contribution in [0.5, 0.6) is 5.75 Å². The maximum absolute atomic E-state index is 5.26. The van der Waals surface area contributed by atoms with Crippen LogP contribution in [-0.4, -0.2) is 23.3 Å². The molecule has 2 aromatic rings. The molecule has 0 fully saturated rings. The second-order valence-electron chi connectivity index (χ2n) is 2.61. The van der Waals surface area contributed by atoms with E-state index < -0.39 is 0 Å². The zero-order chi connectivity index (χ0) is 9.10. The largest absolute Gasteiger partial charge is 0.466 e. The van der Waals surface area contributed by atoms with Gasteiger partial charge in [-0.25, -0.2) is 4.98 Å². The van der Waals surface area contributed by atoms with Crippen molar-refractivity contribution < 1.29 is 9.47 Å². The normalized spacial score (nSPS) is 10.5. The van der Waals surface area contributed by atoms with Crippen molar-refractivity contribution in [1.29, 1.82) is 0 Å². The molecule has 0 aliphatic rings. The smallest absolute Gasteiger partial charge is 0.188 e. The van der Waals surface area contributed by atoms with Gasteiger partial charge >= 0.3 is 0 Å². The molecule has 0 aliphatic heterocycles. The summed E-state index contributed by atoms with van der Waals surface area (Å²) >= 11 is 0. The zero-order valence-electron chi connectivity index (χ0n) is 7.30. The van der Waals surface area contributed by atoms with E-state index in [2.05, 4.69) is 4.98 Å². The summed E-state index contributed by atoms with van der Waals surface area (Å²) < 4.78 is 11.9. The quantitative estimate of drug-likeness (QED) is 0.665. The highest BCUT2D eigenvalue weighted by Crippen LogP contribution is 2.11. The van der Waals surface area contributed by atoms with Crippen molar-refractivity contribution in [1.82, 2.24) is 9.38 Å². The number of ether oxygens (including phenoxy) is 2. The highest BCUT2D eigenvalue weighted by atomic mass is 16.7. The molecular formula is C9H10N2O2. The van der Waals surface area contributed by atoms with Gasteiger partial charge in [-0.15, -0.1) is 0 Å². The van der Waals surface area contributed by atoms with Crippen molar-refractivity contribution in [3.63, 3.8) is 0 Å². The number of hydrogen-bond acceptors (Lipinski definition) is 3. The fourth-order valence-electron chi connectivity index (χ4n) is 1.11. The molecule has 0 N–H and O–H groups in total. The lowest BCUT2D eigenvalue weighted by Crippen LogP contribution is -1.99. The van der Waals surface area contributed by atoms with Crippen molar-refractivity contribution in [2.75, 3.05) is 13.9 Å². The average molecular weight is 178 g/mol. The van der Waals surface area contributed by atoms with E-state index in [0.717, 1.165) is 11.4 Å². The number of fused-ring (bicyclic) bond motifs is 1. The summed E-state index contributed by atoms with van der Waals surface area (Å²) in [7, 11) is 1.59. The van der Waals surface area contributed by atoms with E-state index in [1.807, 2.05) is 28.9 Å². The molecule has 0 aromatic carbocycles. The molecule has 13 heavy (non-hydrogen) atoms. The molecule has 0 aliphatic carbocycles. The van der Waals surface area contributed by atoms with Gasteiger partial charge in [0.2, 0.25) is 0 Å². The molecule has 0 saturated carbocycles. The van der Waals surface area contributed by atoms with Crippen LogP contribution < -0.4 is 4.74 Å². The number of pyridine rings is 1. The minimum absolute atomic E-state index is 0.264. The molecule has 4 heteroatoms. The van der Waals surface area contributed by atoms with Crippen LogP contribution in [0.25, 0.3) is 5.65 Å². The lowest BCUT2D eigenvalue weighted by molar-refractivity contribution is 0.0508. The third kappa shape index (κ3) is 1.62. The Hall–Kier alpha value is -1.55. The highest BCUT2D eigenvalue weighted by Gasteiger charge is 1.96. The third-order valence-electron chi connectivity index (χ3n) is 1.71. The van der Waals surface area contributed by atoms with E-state index in [4.69, 9.17) is 9.47 Å². The van der Waals surface area contributed by atoms with E-state index in [-0.39, 0.29) is 6.79 Å². The third-order valence-corrected chi connectivity index (χ3v) is 1.71. The van der Waals surface area contributed by atoms with E-state index in [1.54, 1.807) is 13.3 Å². The Morgan fingerprint density at radius 3 is 3.23 bits per heavy atom. The Balaban J connectivity index is 2.26. The second kappa shape index (κ2) is 3.45. The predicted molar refractivity (Wildman–Crippen MR) is 47.7 cm³/mol. The summed E-state index contributed by atoms with van der Waals surface area (Å²) in [6.45, 7) is 0.264. The summed E-state index contributed by atoms with van der Waals surface area (Å²) in [5.74, 6) is 0.771. The topological polar surface area (TPSA) is 35.8 Å². The number of rotatable bonds is 3. The van der Waals surface area contributed by atoms with Crippen molar-refractivity contribution >= 4 is 5.65 Å². The van der Waals surface area contributed by atoms with Crippen LogP contribution in [0.3, 0.4) is 0 Å². The van der Waals surface area contributed by atoms with Crippen LogP contribution in [0.15, 0.2) is 30.7 Å². The van der Waals surface area contributed by atoms with Crippen molar-refractivity contribution in [3.05, 3.63) is 30.7 Å². The summed E-state index contributed by atoms with van der Waals surface area (Å²) in [5.41, 5.74) is 0.907. The van der Waals surface area contributed by atoms with Gasteiger partial charge in [0.05, 0.1) is 6.20 Å². The minimum atomic E-state index is 0.264. The van der Waals surface area contributed by atoms with Gasteiger partial charge in [-0.1, -0.05) is 0 Å². The van der Waals surface area contributed by atoms with Gasteiger partial charge in [-0.2, -0.15) is 0 Å². The molecule has 0 radical (unpaired) electrons. The first-order chi connectivity index (χ1) is 6.40. The molecule has 2 aromatic heterocycles. The maximum atomic E-state index is 5.26. The van der Waals surface area contributed by atoms with Gasteiger partial charge in [-0.05, 0) is 12.1 Å². The Labute approximate surface area is 75.7 Å². The molecule has 0 spiro atoms. The van der Waals surface area contributed by atoms with E-state index in [0.29, 0.717) is 0 Å². The van der Waals surface area contributed by atoms with Crippen LogP contribution in [0.4, 0.5) is 0 Å². The Morgan fingerprint density at radius 2 is 2.38 bits per heavy atom. The molecule has 0 bridgehead atoms. The highest BCUT2D eigenvalue weighted by molar-refractivity contribution is 5.41. The number of aromatic nitrogens is 2. The van der Waals surface area contributed by atoms with Crippen molar-refractivity contribution in [3.8, 4) is 5.75 Å². The lowest BCUT2D eigenvalue weighted by Gasteiger charge is -2.04. The van der Waals surface area contributed by atoms with Crippen LogP contribution in [0.1, 0.15) is 0 Å². The summed E-state index contributed by atoms with van der Waals surface area (Å²) in [6, 6.07) is 3.76. The fourth-order valence-corrected chi connectivity index (χ4v) is 1.11. The standard InChI is InChI=1S/C9H10N2O2/c1-12-7-13-8-2-3-9-10-4-5-11(9)6-8/h2-6H,7H2,1H3. The van der Waals surface area contributed by atoms with Crippen molar-refractivity contribution in [2.45, 2.75) is 0 Å². The molecule has 0 atom stereocenters. The first-order valence-corrected chi connectivity index (χ1v) is 3.94. The molecule has 2 heterocycles. The molecule has 68 valence electrons. The van der Waals surface area contributed by atoms with Gasteiger partial charge in [0, 0.05) is 19.5 Å². The lowest BCUT2D eigenvalue weighted by atomic mass is 10.4. The Kier molecular flexibility index (Phi) is 2.14. The maximum Gasteiger partial charge on any atom is 0.188 e. The van der Waals surface area contributed by atoms with Gasteiger partial charge in [0.1, 0.15) is 11.4 Å². The monoisotopic (exact) mass is 178 g/mol. The molecule has 0 unspecified atom stereocenters. The average Bonchev–Trinajstić information content (AvgIpc) is 2.61. The molecule has 2 rings (SSSR count). The fraction of sp³-hybridized carbons (Fsp3) is 0.222. The van der Waals surface area contributed by atoms with Gasteiger partial charge in [0.15, 0.2) is 6.79 Å². The predicted octanol–water partition coefficient (Wildman–Crippen LogP) is 1.32. The van der Waals surface area contributed by atoms with Crippen LogP contribution in [-0.2, 0) is 4.74 Å². The van der Waals surface area contributed by atoms with Crippen LogP contribution >= 0.6 is 0 Å². The Bertz CT molecular complexity index is 397. The molecule has 0 amide bonds. The number of nitrogens with zero attached hydrogens (tertiary/aromatic N) is 2. The zero-order valence-corrected chi connectivity index (χ0v) is 7.30. The van der Waals surface area contributed by atoms with Crippen LogP contribution in [0, 0.1) is 0 Å². The van der Waals surface area contributed by atoms with Gasteiger partial charge in [-0.3, -0.25) is 0 Å². The summed E-state index contributed by atoms with van der Waals surface area (Å²) in [6.07, 6.45) is 5.48. The number of hydrogen-bond donors (Lipinski definition) is 0. The van der Waals surface area contributed by atoms with Crippen molar-refractivity contribution in [2.24, 2.45) is 0 Å². The van der Waals surface area contributed by atoms with Gasteiger partial charge in [0.25, 0.3) is 0 Å². The molecule has 0 saturated heterocycles.